The molecule has 5 nitrogen and oxygen atoms in total. The van der Waals surface area contributed by atoms with E-state index in [1.54, 1.807) is 6.92 Å². The number of aryl methyl sites for hydroxylation is 1. The summed E-state index contributed by atoms with van der Waals surface area (Å²) in [7, 11) is 0. The van der Waals surface area contributed by atoms with Gasteiger partial charge in [0.2, 0.25) is 0 Å². The SMILES string of the molecule is CC(=O)CCc1ccc(OCC(O)CNCCCOC(C)C)cc1. The summed E-state index contributed by atoms with van der Waals surface area (Å²) in [6, 6.07) is 7.66. The van der Waals surface area contributed by atoms with Gasteiger partial charge in [0.25, 0.3) is 0 Å². The zero-order chi connectivity index (χ0) is 17.8. The first-order valence-corrected chi connectivity index (χ1v) is 8.69. The zero-order valence-corrected chi connectivity index (χ0v) is 15.1. The molecule has 0 aromatic heterocycles. The molecule has 0 saturated carbocycles. The highest BCUT2D eigenvalue weighted by Crippen LogP contribution is 2.13. The Morgan fingerprint density at radius 3 is 2.58 bits per heavy atom. The third kappa shape index (κ3) is 10.4. The predicted octanol–water partition coefficient (Wildman–Crippen LogP) is 2.35. The molecule has 1 unspecified atom stereocenters. The van der Waals surface area contributed by atoms with E-state index >= 15 is 0 Å². The van der Waals surface area contributed by atoms with Crippen molar-refractivity contribution in [3.8, 4) is 5.75 Å². The van der Waals surface area contributed by atoms with Crippen LogP contribution in [0.1, 0.15) is 39.2 Å². The van der Waals surface area contributed by atoms with Crippen molar-refractivity contribution in [3.05, 3.63) is 29.8 Å². The van der Waals surface area contributed by atoms with Crippen molar-refractivity contribution < 1.29 is 19.4 Å². The fraction of sp³-hybridized carbons (Fsp3) is 0.632. The zero-order valence-electron chi connectivity index (χ0n) is 15.1. The Morgan fingerprint density at radius 1 is 1.25 bits per heavy atom. The molecule has 0 aliphatic carbocycles. The van der Waals surface area contributed by atoms with Crippen molar-refractivity contribution in [1.29, 1.82) is 0 Å². The summed E-state index contributed by atoms with van der Waals surface area (Å²) in [4.78, 5) is 11.0. The van der Waals surface area contributed by atoms with Gasteiger partial charge in [-0.25, -0.2) is 0 Å². The number of carbonyl (C=O) groups is 1. The van der Waals surface area contributed by atoms with E-state index in [9.17, 15) is 9.90 Å². The molecule has 0 saturated heterocycles. The Hall–Kier alpha value is -1.43. The second kappa shape index (κ2) is 12.0. The van der Waals surface area contributed by atoms with Crippen LogP contribution in [0.4, 0.5) is 0 Å². The van der Waals surface area contributed by atoms with Crippen LogP contribution in [0.3, 0.4) is 0 Å². The summed E-state index contributed by atoms with van der Waals surface area (Å²) < 4.78 is 11.0. The molecule has 0 spiro atoms. The van der Waals surface area contributed by atoms with Crippen LogP contribution in [0, 0.1) is 0 Å². The van der Waals surface area contributed by atoms with E-state index in [1.807, 2.05) is 38.1 Å². The smallest absolute Gasteiger partial charge is 0.130 e. The van der Waals surface area contributed by atoms with E-state index in [1.165, 1.54) is 0 Å². The lowest BCUT2D eigenvalue weighted by Gasteiger charge is -2.14. The van der Waals surface area contributed by atoms with Gasteiger partial charge in [0.1, 0.15) is 24.2 Å². The van der Waals surface area contributed by atoms with Crippen LogP contribution in [0.25, 0.3) is 0 Å². The molecule has 136 valence electrons. The maximum atomic E-state index is 11.0. The molecule has 0 fully saturated rings. The van der Waals surface area contributed by atoms with Gasteiger partial charge < -0.3 is 24.7 Å². The van der Waals surface area contributed by atoms with E-state index in [-0.39, 0.29) is 18.5 Å². The van der Waals surface area contributed by atoms with Crippen LogP contribution in [0.15, 0.2) is 24.3 Å². The highest BCUT2D eigenvalue weighted by molar-refractivity contribution is 5.75. The minimum absolute atomic E-state index is 0.196. The number of nitrogens with one attached hydrogen (secondary N) is 1. The lowest BCUT2D eigenvalue weighted by atomic mass is 10.1. The standard InChI is InChI=1S/C19H31NO4/c1-15(2)23-12-4-11-20-13-18(22)14-24-19-9-7-17(8-10-19)6-5-16(3)21/h7-10,15,18,20,22H,4-6,11-14H2,1-3H3. The summed E-state index contributed by atoms with van der Waals surface area (Å²) in [5.41, 5.74) is 1.11. The number of hydrogen-bond donors (Lipinski definition) is 2. The minimum atomic E-state index is -0.548. The monoisotopic (exact) mass is 337 g/mol. The Morgan fingerprint density at radius 2 is 1.96 bits per heavy atom. The van der Waals surface area contributed by atoms with Crippen molar-refractivity contribution in [3.63, 3.8) is 0 Å². The lowest BCUT2D eigenvalue weighted by Crippen LogP contribution is -2.32. The Balaban J connectivity index is 2.13. The van der Waals surface area contributed by atoms with E-state index in [4.69, 9.17) is 9.47 Å². The molecule has 0 amide bonds. The minimum Gasteiger partial charge on any atom is -0.491 e. The number of hydrogen-bond acceptors (Lipinski definition) is 5. The molecule has 5 heteroatoms. The van der Waals surface area contributed by atoms with Crippen molar-refractivity contribution in [1.82, 2.24) is 5.32 Å². The quantitative estimate of drug-likeness (QED) is 0.541. The molecule has 0 aliphatic rings. The van der Waals surface area contributed by atoms with Gasteiger partial charge in [0, 0.05) is 19.6 Å². The molecule has 0 aliphatic heterocycles. The molecule has 0 bridgehead atoms. The summed E-state index contributed by atoms with van der Waals surface area (Å²) in [5.74, 6) is 0.924. The Bertz CT molecular complexity index is 459. The highest BCUT2D eigenvalue weighted by Gasteiger charge is 2.05. The second-order valence-electron chi connectivity index (χ2n) is 6.29. The summed E-state index contributed by atoms with van der Waals surface area (Å²) >= 11 is 0. The maximum absolute atomic E-state index is 11.0. The predicted molar refractivity (Wildman–Crippen MR) is 95.5 cm³/mol. The summed E-state index contributed by atoms with van der Waals surface area (Å²) in [5, 5.41) is 13.1. The molecule has 0 radical (unpaired) electrons. The number of aliphatic hydroxyl groups excluding tert-OH is 1. The molecule has 1 aromatic rings. The van der Waals surface area contributed by atoms with Gasteiger partial charge in [0.05, 0.1) is 6.10 Å². The van der Waals surface area contributed by atoms with Gasteiger partial charge in [-0.05, 0) is 57.9 Å². The topological polar surface area (TPSA) is 67.8 Å². The first-order chi connectivity index (χ1) is 11.5. The van der Waals surface area contributed by atoms with Gasteiger partial charge in [-0.2, -0.15) is 0 Å². The second-order valence-corrected chi connectivity index (χ2v) is 6.29. The number of rotatable bonds is 13. The van der Waals surface area contributed by atoms with Crippen LogP contribution in [-0.2, 0) is 16.0 Å². The van der Waals surface area contributed by atoms with Crippen molar-refractivity contribution >= 4 is 5.78 Å². The first kappa shape index (κ1) is 20.6. The van der Waals surface area contributed by atoms with Crippen LogP contribution in [0.5, 0.6) is 5.75 Å². The van der Waals surface area contributed by atoms with E-state index in [0.717, 1.165) is 37.3 Å². The fourth-order valence-electron chi connectivity index (χ4n) is 2.11. The van der Waals surface area contributed by atoms with E-state index < -0.39 is 6.10 Å². The number of Topliss-reactive ketones (excluding diaryl/α,β-unsaturated/α-hetero) is 1. The van der Waals surface area contributed by atoms with Gasteiger partial charge in [0.15, 0.2) is 0 Å². The Kier molecular flexibility index (Phi) is 10.3. The highest BCUT2D eigenvalue weighted by atomic mass is 16.5. The Labute approximate surface area is 145 Å². The number of ether oxygens (including phenoxy) is 2. The average Bonchev–Trinajstić information content (AvgIpc) is 2.54. The van der Waals surface area contributed by atoms with E-state index in [0.29, 0.717) is 13.0 Å². The van der Waals surface area contributed by atoms with Crippen LogP contribution in [0.2, 0.25) is 0 Å². The van der Waals surface area contributed by atoms with Crippen LogP contribution >= 0.6 is 0 Å². The summed E-state index contributed by atoms with van der Waals surface area (Å²) in [6.07, 6.45) is 1.95. The molecule has 24 heavy (non-hydrogen) atoms. The fourth-order valence-corrected chi connectivity index (χ4v) is 2.11. The van der Waals surface area contributed by atoms with Gasteiger partial charge >= 0.3 is 0 Å². The van der Waals surface area contributed by atoms with Gasteiger partial charge in [-0.3, -0.25) is 0 Å². The van der Waals surface area contributed by atoms with Crippen LogP contribution in [-0.4, -0.2) is 49.4 Å². The molecule has 1 atom stereocenters. The van der Waals surface area contributed by atoms with Crippen LogP contribution < -0.4 is 10.1 Å². The summed E-state index contributed by atoms with van der Waals surface area (Å²) in [6.45, 7) is 7.93. The molecule has 0 heterocycles. The van der Waals surface area contributed by atoms with Gasteiger partial charge in [-0.15, -0.1) is 0 Å². The normalized spacial score (nSPS) is 12.4. The third-order valence-corrected chi connectivity index (χ3v) is 3.46. The molecular weight excluding hydrogens is 306 g/mol. The molecule has 1 rings (SSSR count). The van der Waals surface area contributed by atoms with Crippen molar-refractivity contribution in [2.75, 3.05) is 26.3 Å². The molecule has 2 N–H and O–H groups in total. The number of carbonyl (C=O) groups excluding carboxylic acids is 1. The number of aliphatic hydroxyl groups is 1. The largest absolute Gasteiger partial charge is 0.491 e. The van der Waals surface area contributed by atoms with E-state index in [2.05, 4.69) is 5.32 Å². The number of ketones is 1. The molecular formula is C19H31NO4. The van der Waals surface area contributed by atoms with Crippen molar-refractivity contribution in [2.24, 2.45) is 0 Å². The number of benzene rings is 1. The average molecular weight is 337 g/mol. The van der Waals surface area contributed by atoms with Gasteiger partial charge in [-0.1, -0.05) is 12.1 Å². The maximum Gasteiger partial charge on any atom is 0.130 e. The molecule has 1 aromatic carbocycles. The third-order valence-electron chi connectivity index (χ3n) is 3.46. The first-order valence-electron chi connectivity index (χ1n) is 8.69. The van der Waals surface area contributed by atoms with Crippen molar-refractivity contribution in [2.45, 2.75) is 52.2 Å². The lowest BCUT2D eigenvalue weighted by molar-refractivity contribution is -0.116.